The highest BCUT2D eigenvalue weighted by Crippen LogP contribution is 2.34. The molecule has 0 unspecified atom stereocenters. The standard InChI is InChI=1S/C23H19BrN2/c1-16-4-2-3-5-21(16)26-22(17-6-10-19(24)11-7-17)14-15-23(26)18-8-12-20(25)13-9-18/h2-15H,25H2,1H3. The molecule has 0 saturated carbocycles. The molecule has 4 rings (SSSR count). The third kappa shape index (κ3) is 3.06. The number of anilines is 1. The van der Waals surface area contributed by atoms with Gasteiger partial charge < -0.3 is 10.3 Å². The molecule has 26 heavy (non-hydrogen) atoms. The zero-order valence-electron chi connectivity index (χ0n) is 14.5. The molecule has 128 valence electrons. The van der Waals surface area contributed by atoms with Crippen molar-refractivity contribution in [2.24, 2.45) is 0 Å². The summed E-state index contributed by atoms with van der Waals surface area (Å²) in [4.78, 5) is 0. The Balaban J connectivity index is 1.97. The van der Waals surface area contributed by atoms with E-state index in [1.165, 1.54) is 22.5 Å². The molecule has 0 aliphatic rings. The smallest absolute Gasteiger partial charge is 0.0535 e. The SMILES string of the molecule is Cc1ccccc1-n1c(-c2ccc(N)cc2)ccc1-c1ccc(Br)cc1. The molecule has 3 aromatic carbocycles. The molecule has 0 fully saturated rings. The van der Waals surface area contributed by atoms with Gasteiger partial charge in [-0.05, 0) is 66.1 Å². The summed E-state index contributed by atoms with van der Waals surface area (Å²) in [5, 5.41) is 0. The van der Waals surface area contributed by atoms with Crippen molar-refractivity contribution in [3.8, 4) is 28.2 Å². The first-order valence-electron chi connectivity index (χ1n) is 8.53. The van der Waals surface area contributed by atoms with Crippen molar-refractivity contribution >= 4 is 21.6 Å². The summed E-state index contributed by atoms with van der Waals surface area (Å²) < 4.78 is 3.40. The van der Waals surface area contributed by atoms with E-state index in [0.29, 0.717) is 0 Å². The zero-order valence-corrected chi connectivity index (χ0v) is 16.1. The molecule has 0 saturated heterocycles. The molecule has 2 N–H and O–H groups in total. The molecule has 0 spiro atoms. The van der Waals surface area contributed by atoms with E-state index in [0.717, 1.165) is 21.4 Å². The lowest BCUT2D eigenvalue weighted by Gasteiger charge is -2.16. The third-order valence-electron chi connectivity index (χ3n) is 4.58. The first-order valence-corrected chi connectivity index (χ1v) is 9.32. The van der Waals surface area contributed by atoms with Crippen molar-refractivity contribution in [3.63, 3.8) is 0 Å². The van der Waals surface area contributed by atoms with Crippen LogP contribution in [0.25, 0.3) is 28.2 Å². The maximum atomic E-state index is 5.88. The minimum absolute atomic E-state index is 0.774. The highest BCUT2D eigenvalue weighted by molar-refractivity contribution is 9.10. The number of rotatable bonds is 3. The van der Waals surface area contributed by atoms with Gasteiger partial charge in [-0.2, -0.15) is 0 Å². The first-order chi connectivity index (χ1) is 12.6. The lowest BCUT2D eigenvalue weighted by atomic mass is 10.1. The molecule has 0 amide bonds. The Hall–Kier alpha value is -2.78. The largest absolute Gasteiger partial charge is 0.399 e. The highest BCUT2D eigenvalue weighted by Gasteiger charge is 2.14. The lowest BCUT2D eigenvalue weighted by molar-refractivity contribution is 1.07. The van der Waals surface area contributed by atoms with Gasteiger partial charge in [0.2, 0.25) is 0 Å². The van der Waals surface area contributed by atoms with Crippen molar-refractivity contribution in [1.82, 2.24) is 4.57 Å². The van der Waals surface area contributed by atoms with E-state index in [2.05, 4.69) is 100 Å². The second kappa shape index (κ2) is 6.85. The predicted molar refractivity (Wildman–Crippen MR) is 113 cm³/mol. The molecule has 0 radical (unpaired) electrons. The number of para-hydroxylation sites is 1. The normalized spacial score (nSPS) is 10.8. The van der Waals surface area contributed by atoms with Gasteiger partial charge >= 0.3 is 0 Å². The number of nitrogen functional groups attached to an aromatic ring is 1. The molecular weight excluding hydrogens is 384 g/mol. The molecular formula is C23H19BrN2. The topological polar surface area (TPSA) is 30.9 Å². The number of nitrogens with zero attached hydrogens (tertiary/aromatic N) is 1. The average Bonchev–Trinajstić information content (AvgIpc) is 3.08. The van der Waals surface area contributed by atoms with Crippen LogP contribution < -0.4 is 5.73 Å². The second-order valence-corrected chi connectivity index (χ2v) is 7.27. The van der Waals surface area contributed by atoms with Crippen LogP contribution in [0.1, 0.15) is 5.56 Å². The van der Waals surface area contributed by atoms with Gasteiger partial charge in [0.1, 0.15) is 0 Å². The molecule has 3 heteroatoms. The van der Waals surface area contributed by atoms with Crippen molar-refractivity contribution in [1.29, 1.82) is 0 Å². The molecule has 1 aromatic heterocycles. The van der Waals surface area contributed by atoms with Crippen LogP contribution in [0.15, 0.2) is 89.4 Å². The van der Waals surface area contributed by atoms with Crippen LogP contribution in [-0.2, 0) is 0 Å². The fourth-order valence-corrected chi connectivity index (χ4v) is 3.50. The Morgan fingerprint density at radius 3 is 1.81 bits per heavy atom. The highest BCUT2D eigenvalue weighted by atomic mass is 79.9. The molecule has 2 nitrogen and oxygen atoms in total. The minimum Gasteiger partial charge on any atom is -0.399 e. The van der Waals surface area contributed by atoms with Gasteiger partial charge in [0, 0.05) is 15.8 Å². The molecule has 1 heterocycles. The zero-order chi connectivity index (χ0) is 18.1. The monoisotopic (exact) mass is 402 g/mol. The van der Waals surface area contributed by atoms with E-state index < -0.39 is 0 Å². The predicted octanol–water partition coefficient (Wildman–Crippen LogP) is 6.46. The molecule has 0 atom stereocenters. The summed E-state index contributed by atoms with van der Waals surface area (Å²) in [5.41, 5.74) is 13.7. The van der Waals surface area contributed by atoms with E-state index in [9.17, 15) is 0 Å². The Morgan fingerprint density at radius 2 is 1.23 bits per heavy atom. The van der Waals surface area contributed by atoms with Crippen LogP contribution >= 0.6 is 15.9 Å². The second-order valence-electron chi connectivity index (χ2n) is 6.35. The number of hydrogen-bond acceptors (Lipinski definition) is 1. The maximum absolute atomic E-state index is 5.88. The summed E-state index contributed by atoms with van der Waals surface area (Å²) in [6.45, 7) is 2.15. The first kappa shape index (κ1) is 16.7. The molecule has 0 aliphatic heterocycles. The van der Waals surface area contributed by atoms with E-state index in [1.807, 2.05) is 12.1 Å². The van der Waals surface area contributed by atoms with Gasteiger partial charge in [-0.15, -0.1) is 0 Å². The van der Waals surface area contributed by atoms with Crippen LogP contribution in [0.5, 0.6) is 0 Å². The summed E-state index contributed by atoms with van der Waals surface area (Å²) in [7, 11) is 0. The van der Waals surface area contributed by atoms with Crippen LogP contribution in [0, 0.1) is 6.92 Å². The van der Waals surface area contributed by atoms with Gasteiger partial charge in [-0.1, -0.05) is 58.4 Å². The van der Waals surface area contributed by atoms with E-state index in [-0.39, 0.29) is 0 Å². The van der Waals surface area contributed by atoms with Gasteiger partial charge in [0.25, 0.3) is 0 Å². The summed E-state index contributed by atoms with van der Waals surface area (Å²) in [6.07, 6.45) is 0. The number of nitrogens with two attached hydrogens (primary N) is 1. The van der Waals surface area contributed by atoms with E-state index in [4.69, 9.17) is 5.73 Å². The summed E-state index contributed by atoms with van der Waals surface area (Å²) in [6, 6.07) is 29.3. The Kier molecular flexibility index (Phi) is 4.39. The average molecular weight is 403 g/mol. The minimum atomic E-state index is 0.774. The van der Waals surface area contributed by atoms with E-state index >= 15 is 0 Å². The molecule has 0 aliphatic carbocycles. The summed E-state index contributed by atoms with van der Waals surface area (Å²) in [5.74, 6) is 0. The van der Waals surface area contributed by atoms with Gasteiger partial charge in [-0.25, -0.2) is 0 Å². The van der Waals surface area contributed by atoms with Crippen LogP contribution in [0.2, 0.25) is 0 Å². The van der Waals surface area contributed by atoms with Crippen molar-refractivity contribution in [2.75, 3.05) is 5.73 Å². The van der Waals surface area contributed by atoms with E-state index in [1.54, 1.807) is 0 Å². The Morgan fingerprint density at radius 1 is 0.692 bits per heavy atom. The molecule has 4 aromatic rings. The van der Waals surface area contributed by atoms with Crippen molar-refractivity contribution in [3.05, 3.63) is 95.0 Å². The Bertz CT molecular complexity index is 982. The number of aryl methyl sites for hydroxylation is 1. The quantitative estimate of drug-likeness (QED) is 0.391. The van der Waals surface area contributed by atoms with Crippen LogP contribution in [0.3, 0.4) is 0 Å². The number of halogens is 1. The van der Waals surface area contributed by atoms with Crippen molar-refractivity contribution in [2.45, 2.75) is 6.92 Å². The lowest BCUT2D eigenvalue weighted by Crippen LogP contribution is -2.01. The molecule has 0 bridgehead atoms. The Labute approximate surface area is 162 Å². The number of hydrogen-bond donors (Lipinski definition) is 1. The van der Waals surface area contributed by atoms with Crippen molar-refractivity contribution < 1.29 is 0 Å². The van der Waals surface area contributed by atoms with Gasteiger partial charge in [0.05, 0.1) is 11.4 Å². The number of aromatic nitrogens is 1. The third-order valence-corrected chi connectivity index (χ3v) is 5.11. The fourth-order valence-electron chi connectivity index (χ4n) is 3.24. The maximum Gasteiger partial charge on any atom is 0.0535 e. The van der Waals surface area contributed by atoms with Gasteiger partial charge in [-0.3, -0.25) is 0 Å². The van der Waals surface area contributed by atoms with Crippen LogP contribution in [0.4, 0.5) is 5.69 Å². The fraction of sp³-hybridized carbons (Fsp3) is 0.0435. The summed E-state index contributed by atoms with van der Waals surface area (Å²) >= 11 is 3.52. The van der Waals surface area contributed by atoms with Gasteiger partial charge in [0.15, 0.2) is 0 Å². The van der Waals surface area contributed by atoms with Crippen LogP contribution in [-0.4, -0.2) is 4.57 Å². The number of benzene rings is 3.